The molecule has 0 radical (unpaired) electrons. The van der Waals surface area contributed by atoms with Crippen molar-refractivity contribution in [3.8, 4) is 0 Å². The molecule has 0 heterocycles. The number of fused-ring (bicyclic) bond motifs is 2. The molecule has 0 amide bonds. The van der Waals surface area contributed by atoms with Crippen molar-refractivity contribution < 1.29 is 0 Å². The van der Waals surface area contributed by atoms with Gasteiger partial charge in [0.05, 0.1) is 0 Å². The molecule has 0 heteroatoms. The summed E-state index contributed by atoms with van der Waals surface area (Å²) in [5.74, 6) is 1.08. The SMILES string of the molecule is CC(C)(C)C12CCCC(CCC1)C2. The molecule has 0 unspecified atom stereocenters. The number of rotatable bonds is 0. The van der Waals surface area contributed by atoms with E-state index in [1.807, 2.05) is 0 Å². The topological polar surface area (TPSA) is 0 Å². The lowest BCUT2D eigenvalue weighted by Crippen LogP contribution is -2.42. The van der Waals surface area contributed by atoms with Gasteiger partial charge in [-0.1, -0.05) is 46.5 Å². The fourth-order valence-electron chi connectivity index (χ4n) is 3.74. The molecule has 2 bridgehead atoms. The summed E-state index contributed by atoms with van der Waals surface area (Å²) in [6.07, 6.45) is 10.6. The van der Waals surface area contributed by atoms with Gasteiger partial charge in [0.1, 0.15) is 0 Å². The fraction of sp³-hybridized carbons (Fsp3) is 1.00. The third-order valence-electron chi connectivity index (χ3n) is 4.81. The van der Waals surface area contributed by atoms with E-state index in [1.165, 1.54) is 44.9 Å². The van der Waals surface area contributed by atoms with Crippen LogP contribution in [0.25, 0.3) is 0 Å². The summed E-state index contributed by atoms with van der Waals surface area (Å²) in [7, 11) is 0. The third-order valence-corrected chi connectivity index (χ3v) is 4.81. The molecule has 0 aromatic rings. The molecule has 0 aromatic heterocycles. The van der Waals surface area contributed by atoms with Crippen LogP contribution in [0.5, 0.6) is 0 Å². The van der Waals surface area contributed by atoms with Gasteiger partial charge in [0.2, 0.25) is 0 Å². The Morgan fingerprint density at radius 3 is 1.92 bits per heavy atom. The first kappa shape index (κ1) is 9.55. The van der Waals surface area contributed by atoms with E-state index in [0.29, 0.717) is 10.8 Å². The zero-order valence-corrected chi connectivity index (χ0v) is 9.53. The summed E-state index contributed by atoms with van der Waals surface area (Å²) in [5, 5.41) is 0. The average Bonchev–Trinajstić information content (AvgIpc) is 2.02. The minimum Gasteiger partial charge on any atom is -0.0596 e. The Labute approximate surface area is 83.1 Å². The standard InChI is InChI=1S/C13H24/c1-12(2,3)13-8-4-6-11(10-13)7-5-9-13/h11H,4-10H2,1-3H3. The number of hydrogen-bond acceptors (Lipinski definition) is 0. The summed E-state index contributed by atoms with van der Waals surface area (Å²) < 4.78 is 0. The minimum atomic E-state index is 0.548. The molecule has 2 rings (SSSR count). The molecule has 2 saturated carbocycles. The first-order chi connectivity index (χ1) is 6.04. The molecule has 0 nitrogen and oxygen atoms in total. The maximum atomic E-state index is 2.46. The number of hydrogen-bond donors (Lipinski definition) is 0. The van der Waals surface area contributed by atoms with Crippen molar-refractivity contribution in [3.05, 3.63) is 0 Å². The van der Waals surface area contributed by atoms with Crippen molar-refractivity contribution in [2.45, 2.75) is 65.7 Å². The van der Waals surface area contributed by atoms with Crippen molar-refractivity contribution >= 4 is 0 Å². The van der Waals surface area contributed by atoms with Crippen LogP contribution in [-0.2, 0) is 0 Å². The molecule has 0 saturated heterocycles. The molecule has 0 aromatic carbocycles. The molecule has 2 aliphatic carbocycles. The quantitative estimate of drug-likeness (QED) is 0.518. The van der Waals surface area contributed by atoms with Gasteiger partial charge in [-0.15, -0.1) is 0 Å². The van der Waals surface area contributed by atoms with Crippen LogP contribution in [0, 0.1) is 16.7 Å². The van der Waals surface area contributed by atoms with E-state index in [2.05, 4.69) is 20.8 Å². The molecule has 76 valence electrons. The van der Waals surface area contributed by atoms with E-state index in [-0.39, 0.29) is 0 Å². The van der Waals surface area contributed by atoms with E-state index in [4.69, 9.17) is 0 Å². The van der Waals surface area contributed by atoms with Gasteiger partial charge in [0, 0.05) is 0 Å². The van der Waals surface area contributed by atoms with Crippen LogP contribution < -0.4 is 0 Å². The lowest BCUT2D eigenvalue weighted by atomic mass is 9.52. The summed E-state index contributed by atoms with van der Waals surface area (Å²) in [4.78, 5) is 0. The summed E-state index contributed by atoms with van der Waals surface area (Å²) >= 11 is 0. The Hall–Kier alpha value is 0. The fourth-order valence-corrected chi connectivity index (χ4v) is 3.74. The maximum absolute atomic E-state index is 2.46. The molecular weight excluding hydrogens is 156 g/mol. The van der Waals surface area contributed by atoms with E-state index >= 15 is 0 Å². The van der Waals surface area contributed by atoms with Gasteiger partial charge < -0.3 is 0 Å². The van der Waals surface area contributed by atoms with Gasteiger partial charge in [-0.05, 0) is 36.0 Å². The average molecular weight is 180 g/mol. The van der Waals surface area contributed by atoms with Crippen molar-refractivity contribution in [2.75, 3.05) is 0 Å². The molecule has 0 aliphatic heterocycles. The Bertz CT molecular complexity index is 175. The van der Waals surface area contributed by atoms with Crippen LogP contribution in [-0.4, -0.2) is 0 Å². The molecule has 13 heavy (non-hydrogen) atoms. The Balaban J connectivity index is 2.19. The normalized spacial score (nSPS) is 40.4. The Morgan fingerprint density at radius 1 is 1.00 bits per heavy atom. The summed E-state index contributed by atoms with van der Waals surface area (Å²) in [6.45, 7) is 7.38. The molecule has 0 spiro atoms. The lowest BCUT2D eigenvalue weighted by molar-refractivity contribution is -0.0233. The van der Waals surface area contributed by atoms with Gasteiger partial charge >= 0.3 is 0 Å². The molecule has 2 aliphatic rings. The highest BCUT2D eigenvalue weighted by atomic mass is 14.5. The largest absolute Gasteiger partial charge is 0.0596 e. The van der Waals surface area contributed by atoms with Crippen molar-refractivity contribution in [1.29, 1.82) is 0 Å². The van der Waals surface area contributed by atoms with Crippen LogP contribution in [0.3, 0.4) is 0 Å². The highest BCUT2D eigenvalue weighted by Gasteiger charge is 2.46. The van der Waals surface area contributed by atoms with E-state index in [9.17, 15) is 0 Å². The Morgan fingerprint density at radius 2 is 1.54 bits per heavy atom. The maximum Gasteiger partial charge on any atom is -0.0246 e. The first-order valence-corrected chi connectivity index (χ1v) is 6.04. The predicted octanol–water partition coefficient (Wildman–Crippen LogP) is 4.39. The Kier molecular flexibility index (Phi) is 2.20. The second kappa shape index (κ2) is 3.00. The monoisotopic (exact) mass is 180 g/mol. The van der Waals surface area contributed by atoms with Crippen LogP contribution >= 0.6 is 0 Å². The smallest absolute Gasteiger partial charge is 0.0246 e. The van der Waals surface area contributed by atoms with Gasteiger partial charge in [-0.2, -0.15) is 0 Å². The van der Waals surface area contributed by atoms with Gasteiger partial charge in [-0.3, -0.25) is 0 Å². The molecular formula is C13H24. The van der Waals surface area contributed by atoms with Gasteiger partial charge in [-0.25, -0.2) is 0 Å². The second-order valence-electron chi connectivity index (χ2n) is 6.38. The van der Waals surface area contributed by atoms with Crippen LogP contribution in [0.1, 0.15) is 65.7 Å². The van der Waals surface area contributed by atoms with E-state index in [1.54, 1.807) is 0 Å². The van der Waals surface area contributed by atoms with Gasteiger partial charge in [0.15, 0.2) is 0 Å². The van der Waals surface area contributed by atoms with E-state index < -0.39 is 0 Å². The minimum absolute atomic E-state index is 0.548. The van der Waals surface area contributed by atoms with Crippen molar-refractivity contribution in [3.63, 3.8) is 0 Å². The predicted molar refractivity (Wildman–Crippen MR) is 57.7 cm³/mol. The summed E-state index contributed by atoms with van der Waals surface area (Å²) in [6, 6.07) is 0. The van der Waals surface area contributed by atoms with Crippen LogP contribution in [0.2, 0.25) is 0 Å². The van der Waals surface area contributed by atoms with Gasteiger partial charge in [0.25, 0.3) is 0 Å². The molecule has 0 N–H and O–H groups in total. The highest BCUT2D eigenvalue weighted by molar-refractivity contribution is 4.97. The van der Waals surface area contributed by atoms with E-state index in [0.717, 1.165) is 5.92 Å². The zero-order valence-electron chi connectivity index (χ0n) is 9.53. The first-order valence-electron chi connectivity index (χ1n) is 6.04. The third kappa shape index (κ3) is 1.53. The lowest BCUT2D eigenvalue weighted by Gasteiger charge is -2.53. The van der Waals surface area contributed by atoms with Crippen molar-refractivity contribution in [2.24, 2.45) is 16.7 Å². The van der Waals surface area contributed by atoms with Crippen LogP contribution in [0.15, 0.2) is 0 Å². The highest BCUT2D eigenvalue weighted by Crippen LogP contribution is 2.57. The molecule has 2 fully saturated rings. The molecule has 0 atom stereocenters. The second-order valence-corrected chi connectivity index (χ2v) is 6.38. The van der Waals surface area contributed by atoms with Crippen molar-refractivity contribution in [1.82, 2.24) is 0 Å². The zero-order chi connectivity index (χ0) is 9.53. The summed E-state index contributed by atoms with van der Waals surface area (Å²) in [5.41, 5.74) is 1.26. The van der Waals surface area contributed by atoms with Crippen LogP contribution in [0.4, 0.5) is 0 Å².